The van der Waals surface area contributed by atoms with Crippen LogP contribution in [-0.2, 0) is 11.3 Å². The van der Waals surface area contributed by atoms with E-state index in [9.17, 15) is 15.0 Å². The van der Waals surface area contributed by atoms with Crippen molar-refractivity contribution in [2.45, 2.75) is 51.5 Å². The standard InChI is InChI=1S/C24H31Cl2N3O4/c1-3-23(31)28-20-12-19(26)21(30)13-22(20)33-24(2,32)15-27-18-8-10-29(11-9-18)14-16-4-6-17(25)7-5-16/h4-7,12-13,18,27,30,32H,3,8-11,14-15H2,1-2H3,(H,28,31). The van der Waals surface area contributed by atoms with Crippen LogP contribution in [0.2, 0.25) is 10.0 Å². The fourth-order valence-corrected chi connectivity index (χ4v) is 4.00. The molecule has 1 heterocycles. The van der Waals surface area contributed by atoms with Crippen molar-refractivity contribution in [1.29, 1.82) is 0 Å². The number of hydrogen-bond acceptors (Lipinski definition) is 6. The molecular weight excluding hydrogens is 465 g/mol. The number of nitrogens with zero attached hydrogens (tertiary/aromatic N) is 1. The molecule has 4 N–H and O–H groups in total. The zero-order valence-corrected chi connectivity index (χ0v) is 20.4. The number of rotatable bonds is 9. The Morgan fingerprint density at radius 2 is 1.88 bits per heavy atom. The summed E-state index contributed by atoms with van der Waals surface area (Å²) in [6.45, 7) is 6.21. The van der Waals surface area contributed by atoms with Crippen LogP contribution in [0.4, 0.5) is 5.69 Å². The van der Waals surface area contributed by atoms with E-state index in [0.29, 0.717) is 5.69 Å². The lowest BCUT2D eigenvalue weighted by atomic mass is 10.0. The number of ether oxygens (including phenoxy) is 1. The van der Waals surface area contributed by atoms with Crippen LogP contribution >= 0.6 is 23.2 Å². The van der Waals surface area contributed by atoms with Gasteiger partial charge in [0.25, 0.3) is 0 Å². The summed E-state index contributed by atoms with van der Waals surface area (Å²) in [5.41, 5.74) is 1.53. The predicted molar refractivity (Wildman–Crippen MR) is 131 cm³/mol. The topological polar surface area (TPSA) is 94.1 Å². The molecule has 2 aromatic rings. The van der Waals surface area contributed by atoms with Crippen LogP contribution in [0.5, 0.6) is 11.5 Å². The average Bonchev–Trinajstić information content (AvgIpc) is 2.78. The largest absolute Gasteiger partial charge is 0.506 e. The molecule has 1 fully saturated rings. The van der Waals surface area contributed by atoms with Gasteiger partial charge in [-0.1, -0.05) is 42.3 Å². The molecule has 2 aromatic carbocycles. The fraction of sp³-hybridized carbons (Fsp3) is 0.458. The van der Waals surface area contributed by atoms with Gasteiger partial charge in [0.1, 0.15) is 5.75 Å². The van der Waals surface area contributed by atoms with Crippen LogP contribution in [0.25, 0.3) is 0 Å². The molecule has 33 heavy (non-hydrogen) atoms. The summed E-state index contributed by atoms with van der Waals surface area (Å²) < 4.78 is 5.75. The van der Waals surface area contributed by atoms with Gasteiger partial charge in [-0.05, 0) is 49.7 Å². The van der Waals surface area contributed by atoms with Gasteiger partial charge in [0.15, 0.2) is 5.75 Å². The Hall–Kier alpha value is -2.03. The Labute approximate surface area is 204 Å². The van der Waals surface area contributed by atoms with Crippen LogP contribution in [0.15, 0.2) is 36.4 Å². The number of likely N-dealkylation sites (tertiary alicyclic amines) is 1. The van der Waals surface area contributed by atoms with E-state index < -0.39 is 5.79 Å². The van der Waals surface area contributed by atoms with E-state index >= 15 is 0 Å². The number of phenols is 1. The first-order chi connectivity index (χ1) is 15.6. The van der Waals surface area contributed by atoms with Crippen LogP contribution in [0.3, 0.4) is 0 Å². The highest BCUT2D eigenvalue weighted by Crippen LogP contribution is 2.37. The zero-order chi connectivity index (χ0) is 24.0. The lowest BCUT2D eigenvalue weighted by Crippen LogP contribution is -2.49. The number of nitrogens with one attached hydrogen (secondary N) is 2. The Kier molecular flexibility index (Phi) is 8.84. The first kappa shape index (κ1) is 25.6. The van der Waals surface area contributed by atoms with Crippen molar-refractivity contribution < 1.29 is 19.7 Å². The molecule has 1 saturated heterocycles. The molecule has 1 aliphatic rings. The van der Waals surface area contributed by atoms with Gasteiger partial charge in [0.05, 0.1) is 17.3 Å². The van der Waals surface area contributed by atoms with Gasteiger partial charge in [0, 0.05) is 37.0 Å². The van der Waals surface area contributed by atoms with E-state index in [1.807, 2.05) is 24.3 Å². The van der Waals surface area contributed by atoms with E-state index in [1.165, 1.54) is 24.6 Å². The highest BCUT2D eigenvalue weighted by molar-refractivity contribution is 6.32. The second-order valence-electron chi connectivity index (χ2n) is 8.54. The molecule has 0 bridgehead atoms. The number of hydrogen-bond donors (Lipinski definition) is 4. The summed E-state index contributed by atoms with van der Waals surface area (Å²) in [4.78, 5) is 14.2. The number of piperidine rings is 1. The normalized spacial score (nSPS) is 16.9. The molecule has 1 aliphatic heterocycles. The van der Waals surface area contributed by atoms with Crippen molar-refractivity contribution in [2.75, 3.05) is 25.0 Å². The Balaban J connectivity index is 1.52. The van der Waals surface area contributed by atoms with Crippen LogP contribution in [0.1, 0.15) is 38.7 Å². The number of amides is 1. The van der Waals surface area contributed by atoms with E-state index in [2.05, 4.69) is 15.5 Å². The maximum absolute atomic E-state index is 11.8. The fourth-order valence-electron chi connectivity index (χ4n) is 3.71. The molecule has 0 aromatic heterocycles. The number of halogens is 2. The Bertz CT molecular complexity index is 945. The maximum atomic E-state index is 11.8. The number of aromatic hydroxyl groups is 1. The van der Waals surface area contributed by atoms with Crippen LogP contribution in [-0.4, -0.2) is 52.5 Å². The van der Waals surface area contributed by atoms with Gasteiger partial charge >= 0.3 is 0 Å². The Morgan fingerprint density at radius 1 is 1.21 bits per heavy atom. The van der Waals surface area contributed by atoms with E-state index in [-0.39, 0.29) is 41.4 Å². The molecule has 180 valence electrons. The van der Waals surface area contributed by atoms with Crippen molar-refractivity contribution in [3.63, 3.8) is 0 Å². The number of anilines is 1. The smallest absolute Gasteiger partial charge is 0.224 e. The molecule has 3 rings (SSSR count). The van der Waals surface area contributed by atoms with Gasteiger partial charge in [-0.3, -0.25) is 9.69 Å². The third-order valence-corrected chi connectivity index (χ3v) is 6.15. The zero-order valence-electron chi connectivity index (χ0n) is 18.9. The second kappa shape index (κ2) is 11.4. The van der Waals surface area contributed by atoms with Crippen molar-refractivity contribution in [3.05, 3.63) is 52.0 Å². The highest BCUT2D eigenvalue weighted by Gasteiger charge is 2.27. The van der Waals surface area contributed by atoms with Gasteiger partial charge in [-0.15, -0.1) is 0 Å². The highest BCUT2D eigenvalue weighted by atomic mass is 35.5. The molecule has 1 amide bonds. The summed E-state index contributed by atoms with van der Waals surface area (Å²) >= 11 is 11.9. The predicted octanol–water partition coefficient (Wildman–Crippen LogP) is 4.39. The van der Waals surface area contributed by atoms with E-state index in [1.54, 1.807) is 6.92 Å². The average molecular weight is 496 g/mol. The van der Waals surface area contributed by atoms with Crippen molar-refractivity contribution >= 4 is 34.8 Å². The monoisotopic (exact) mass is 495 g/mol. The van der Waals surface area contributed by atoms with Crippen molar-refractivity contribution in [1.82, 2.24) is 10.2 Å². The SMILES string of the molecule is CCC(=O)Nc1cc(Cl)c(O)cc1OC(C)(O)CNC1CCN(Cc2ccc(Cl)cc2)CC1. The minimum atomic E-state index is -1.56. The molecule has 9 heteroatoms. The number of carbonyl (C=O) groups is 1. The summed E-state index contributed by atoms with van der Waals surface area (Å²) in [5, 5.41) is 27.6. The van der Waals surface area contributed by atoms with Gasteiger partial charge in [0.2, 0.25) is 11.7 Å². The van der Waals surface area contributed by atoms with E-state index in [0.717, 1.165) is 37.5 Å². The molecule has 1 atom stereocenters. The third-order valence-electron chi connectivity index (χ3n) is 5.60. The number of benzene rings is 2. The van der Waals surface area contributed by atoms with Crippen LogP contribution in [0, 0.1) is 0 Å². The Morgan fingerprint density at radius 3 is 2.52 bits per heavy atom. The summed E-state index contributed by atoms with van der Waals surface area (Å²) in [7, 11) is 0. The molecule has 0 saturated carbocycles. The number of aliphatic hydroxyl groups is 1. The third kappa shape index (κ3) is 7.76. The molecule has 1 unspecified atom stereocenters. The molecule has 0 aliphatic carbocycles. The van der Waals surface area contributed by atoms with E-state index in [4.69, 9.17) is 27.9 Å². The minimum Gasteiger partial charge on any atom is -0.506 e. The van der Waals surface area contributed by atoms with Gasteiger partial charge < -0.3 is 25.6 Å². The van der Waals surface area contributed by atoms with Crippen LogP contribution < -0.4 is 15.4 Å². The maximum Gasteiger partial charge on any atom is 0.224 e. The second-order valence-corrected chi connectivity index (χ2v) is 9.38. The first-order valence-corrected chi connectivity index (χ1v) is 11.8. The van der Waals surface area contributed by atoms with Crippen molar-refractivity contribution in [3.8, 4) is 11.5 Å². The molecular formula is C24H31Cl2N3O4. The van der Waals surface area contributed by atoms with Gasteiger partial charge in [-0.25, -0.2) is 0 Å². The summed E-state index contributed by atoms with van der Waals surface area (Å²) in [6, 6.07) is 10.9. The molecule has 0 spiro atoms. The summed E-state index contributed by atoms with van der Waals surface area (Å²) in [6.07, 6.45) is 2.17. The van der Waals surface area contributed by atoms with Gasteiger partial charge in [-0.2, -0.15) is 0 Å². The number of phenolic OH excluding ortho intramolecular Hbond substituents is 1. The first-order valence-electron chi connectivity index (χ1n) is 11.1. The lowest BCUT2D eigenvalue weighted by molar-refractivity contribution is -0.120. The summed E-state index contributed by atoms with van der Waals surface area (Å²) in [5.74, 6) is -1.85. The quantitative estimate of drug-likeness (QED) is 0.304. The van der Waals surface area contributed by atoms with Crippen molar-refractivity contribution in [2.24, 2.45) is 0 Å². The molecule has 0 radical (unpaired) electrons. The lowest BCUT2D eigenvalue weighted by Gasteiger charge is -2.34. The molecule has 7 nitrogen and oxygen atoms in total. The number of carbonyl (C=O) groups excluding carboxylic acids is 1. The minimum absolute atomic E-state index is 0.0804.